The van der Waals surface area contributed by atoms with Crippen molar-refractivity contribution in [2.24, 2.45) is 11.8 Å². The number of piperidine rings is 1. The molecule has 2 saturated heterocycles. The Hall–Kier alpha value is -2.57. The Morgan fingerprint density at radius 1 is 1.19 bits per heavy atom. The highest BCUT2D eigenvalue weighted by Gasteiger charge is 2.51. The molecule has 3 heterocycles. The van der Waals surface area contributed by atoms with E-state index in [2.05, 4.69) is 18.7 Å². The van der Waals surface area contributed by atoms with Crippen molar-refractivity contribution in [2.75, 3.05) is 13.1 Å². The fourth-order valence-corrected chi connectivity index (χ4v) is 5.53. The monoisotopic (exact) mass is 423 g/mol. The third-order valence-corrected chi connectivity index (χ3v) is 7.19. The zero-order valence-corrected chi connectivity index (χ0v) is 18.0. The van der Waals surface area contributed by atoms with Gasteiger partial charge in [0, 0.05) is 31.1 Å². The van der Waals surface area contributed by atoms with Crippen molar-refractivity contribution in [1.29, 1.82) is 0 Å². The Morgan fingerprint density at radius 3 is 2.71 bits per heavy atom. The number of likely N-dealkylation sites (tertiary alicyclic amines) is 1. The summed E-state index contributed by atoms with van der Waals surface area (Å²) in [6.07, 6.45) is 2.14. The highest BCUT2D eigenvalue weighted by atomic mass is 16.5. The number of hydrogen-bond acceptors (Lipinski definition) is 5. The summed E-state index contributed by atoms with van der Waals surface area (Å²) in [4.78, 5) is 13.5. The second kappa shape index (κ2) is 7.53. The van der Waals surface area contributed by atoms with Crippen LogP contribution in [-0.2, 0) is 11.3 Å². The molecule has 0 radical (unpaired) electrons. The number of phenols is 1. The number of aromatic hydroxyl groups is 1. The molecule has 0 aliphatic carbocycles. The third kappa shape index (κ3) is 3.68. The summed E-state index contributed by atoms with van der Waals surface area (Å²) >= 11 is 0. The first-order valence-electron chi connectivity index (χ1n) is 11.0. The Kier molecular flexibility index (Phi) is 4.94. The molecule has 3 aliphatic rings. The molecule has 0 saturated carbocycles. The lowest BCUT2D eigenvalue weighted by atomic mass is 9.70. The minimum absolute atomic E-state index is 0.0535. The predicted molar refractivity (Wildman–Crippen MR) is 115 cm³/mol. The summed E-state index contributed by atoms with van der Waals surface area (Å²) in [5.74, 6) is 0.495. The zero-order valence-electron chi connectivity index (χ0n) is 18.0. The van der Waals surface area contributed by atoms with Crippen LogP contribution in [0, 0.1) is 11.8 Å². The van der Waals surface area contributed by atoms with Gasteiger partial charge in [-0.3, -0.25) is 4.90 Å². The summed E-state index contributed by atoms with van der Waals surface area (Å²) in [7, 11) is 0. The van der Waals surface area contributed by atoms with E-state index in [1.54, 1.807) is 18.2 Å². The van der Waals surface area contributed by atoms with E-state index in [0.717, 1.165) is 43.6 Å². The smallest absolute Gasteiger partial charge is 0.335 e. The normalized spacial score (nSPS) is 29.2. The van der Waals surface area contributed by atoms with Gasteiger partial charge in [0.2, 0.25) is 0 Å². The highest BCUT2D eigenvalue weighted by Crippen LogP contribution is 2.54. The predicted octanol–water partition coefficient (Wildman–Crippen LogP) is 4.23. The number of carboxylic acid groups (broad SMARTS) is 1. The minimum Gasteiger partial charge on any atom is -0.504 e. The lowest BCUT2D eigenvalue weighted by molar-refractivity contribution is -0.188. The fraction of sp³-hybridized carbons (Fsp3) is 0.480. The van der Waals surface area contributed by atoms with Gasteiger partial charge in [-0.25, -0.2) is 4.79 Å². The molecule has 4 atom stereocenters. The number of phenolic OH excluding ortho intramolecular Hbond substituents is 1. The number of carboxylic acids is 1. The van der Waals surface area contributed by atoms with Crippen molar-refractivity contribution in [3.05, 3.63) is 59.2 Å². The van der Waals surface area contributed by atoms with Crippen molar-refractivity contribution in [1.82, 2.24) is 4.90 Å². The van der Waals surface area contributed by atoms with Gasteiger partial charge in [-0.1, -0.05) is 24.3 Å². The number of fused-ring (bicyclic) bond motifs is 4. The molecule has 2 N–H and O–H groups in total. The van der Waals surface area contributed by atoms with Crippen LogP contribution >= 0.6 is 0 Å². The maximum atomic E-state index is 11.1. The van der Waals surface area contributed by atoms with Crippen molar-refractivity contribution in [2.45, 2.75) is 51.0 Å². The average Bonchev–Trinajstić information content (AvgIpc) is 2.74. The van der Waals surface area contributed by atoms with Gasteiger partial charge in [0.15, 0.2) is 11.5 Å². The quantitative estimate of drug-likeness (QED) is 0.769. The molecule has 164 valence electrons. The first-order chi connectivity index (χ1) is 14.8. The highest BCUT2D eigenvalue weighted by molar-refractivity contribution is 5.87. The second-order valence-electron chi connectivity index (χ2n) is 9.62. The Bertz CT molecular complexity index is 986. The number of carbonyl (C=O) groups is 1. The molecule has 0 aromatic heterocycles. The van der Waals surface area contributed by atoms with Crippen molar-refractivity contribution < 1.29 is 24.5 Å². The summed E-state index contributed by atoms with van der Waals surface area (Å²) in [6, 6.07) is 12.7. The largest absolute Gasteiger partial charge is 0.504 e. The van der Waals surface area contributed by atoms with E-state index in [4.69, 9.17) is 14.6 Å². The summed E-state index contributed by atoms with van der Waals surface area (Å²) in [5.41, 5.74) is 1.99. The molecule has 0 bridgehead atoms. The van der Waals surface area contributed by atoms with Crippen LogP contribution in [0.15, 0.2) is 42.5 Å². The average molecular weight is 424 g/mol. The number of hydrogen-bond donors (Lipinski definition) is 2. The van der Waals surface area contributed by atoms with Gasteiger partial charge in [0.1, 0.15) is 5.60 Å². The van der Waals surface area contributed by atoms with Gasteiger partial charge >= 0.3 is 5.97 Å². The van der Waals surface area contributed by atoms with E-state index < -0.39 is 11.6 Å². The van der Waals surface area contributed by atoms with Crippen LogP contribution < -0.4 is 4.74 Å². The first kappa shape index (κ1) is 20.3. The molecule has 6 heteroatoms. The van der Waals surface area contributed by atoms with Crippen LogP contribution in [0.1, 0.15) is 54.3 Å². The Balaban J connectivity index is 1.31. The first-order valence-corrected chi connectivity index (χ1v) is 11.0. The number of nitrogens with zero attached hydrogens (tertiary/aromatic N) is 1. The number of aromatic carboxylic acids is 1. The van der Waals surface area contributed by atoms with Crippen molar-refractivity contribution in [3.8, 4) is 11.5 Å². The van der Waals surface area contributed by atoms with E-state index in [1.807, 2.05) is 24.3 Å². The van der Waals surface area contributed by atoms with Crippen LogP contribution in [0.2, 0.25) is 0 Å². The lowest BCUT2D eigenvalue weighted by Crippen LogP contribution is -2.55. The van der Waals surface area contributed by atoms with Crippen LogP contribution in [-0.4, -0.2) is 45.9 Å². The minimum atomic E-state index is -0.895. The SMILES string of the molecule is CC1(C)Oc2c(O)cccc2[C@H]2O[C@H]3CCN(Cc4ccc(C(=O)O)cc4)C[C@H]3C[C@@H]21. The maximum absolute atomic E-state index is 11.1. The van der Waals surface area contributed by atoms with E-state index >= 15 is 0 Å². The van der Waals surface area contributed by atoms with E-state index in [-0.39, 0.29) is 23.9 Å². The van der Waals surface area contributed by atoms with Gasteiger partial charge in [0.25, 0.3) is 0 Å². The van der Waals surface area contributed by atoms with Gasteiger partial charge in [-0.15, -0.1) is 0 Å². The fourth-order valence-electron chi connectivity index (χ4n) is 5.53. The molecule has 2 aromatic rings. The molecular formula is C25H29NO5. The molecule has 2 aromatic carbocycles. The van der Waals surface area contributed by atoms with E-state index in [1.165, 1.54) is 0 Å². The number of rotatable bonds is 3. The van der Waals surface area contributed by atoms with E-state index in [9.17, 15) is 9.90 Å². The van der Waals surface area contributed by atoms with Gasteiger partial charge in [0.05, 0.1) is 17.8 Å². The molecule has 0 amide bonds. The summed E-state index contributed by atoms with van der Waals surface area (Å²) < 4.78 is 12.9. The number of para-hydroxylation sites is 1. The molecule has 5 rings (SSSR count). The maximum Gasteiger partial charge on any atom is 0.335 e. The topological polar surface area (TPSA) is 79.2 Å². The Labute approximate surface area is 182 Å². The third-order valence-electron chi connectivity index (χ3n) is 7.19. The zero-order chi connectivity index (χ0) is 21.8. The molecule has 0 spiro atoms. The van der Waals surface area contributed by atoms with Crippen LogP contribution in [0.5, 0.6) is 11.5 Å². The lowest BCUT2D eigenvalue weighted by Gasteiger charge is -2.53. The molecule has 6 nitrogen and oxygen atoms in total. The van der Waals surface area contributed by atoms with Crippen molar-refractivity contribution >= 4 is 5.97 Å². The van der Waals surface area contributed by atoms with Gasteiger partial charge in [-0.05, 0) is 56.4 Å². The molecule has 0 unspecified atom stereocenters. The Morgan fingerprint density at radius 2 is 1.97 bits per heavy atom. The number of benzene rings is 2. The van der Waals surface area contributed by atoms with Crippen molar-refractivity contribution in [3.63, 3.8) is 0 Å². The second-order valence-corrected chi connectivity index (χ2v) is 9.62. The van der Waals surface area contributed by atoms with Crippen LogP contribution in [0.4, 0.5) is 0 Å². The van der Waals surface area contributed by atoms with E-state index in [0.29, 0.717) is 17.2 Å². The number of ether oxygens (including phenoxy) is 2. The van der Waals surface area contributed by atoms with Crippen LogP contribution in [0.25, 0.3) is 0 Å². The van der Waals surface area contributed by atoms with Gasteiger partial charge < -0.3 is 19.7 Å². The summed E-state index contributed by atoms with van der Waals surface area (Å²) in [5, 5.41) is 19.4. The molecular weight excluding hydrogens is 394 g/mol. The molecule has 3 aliphatic heterocycles. The standard InChI is InChI=1S/C25H29NO5/c1-25(2)19-12-17-14-26(13-15-6-8-16(9-7-15)24(28)29)11-10-21(17)30-22(19)18-4-3-5-20(27)23(18)31-25/h3-9,17,19,21-22,27H,10-14H2,1-2H3,(H,28,29)/t17-,19+,21+,22-/m1/s1. The summed E-state index contributed by atoms with van der Waals surface area (Å²) in [6.45, 7) is 6.90. The van der Waals surface area contributed by atoms with Gasteiger partial charge in [-0.2, -0.15) is 0 Å². The molecule has 2 fully saturated rings. The molecule has 31 heavy (non-hydrogen) atoms. The van der Waals surface area contributed by atoms with Crippen LogP contribution in [0.3, 0.4) is 0 Å².